The van der Waals surface area contributed by atoms with Gasteiger partial charge in [-0.1, -0.05) is 0 Å². The summed E-state index contributed by atoms with van der Waals surface area (Å²) >= 11 is 3.26. The van der Waals surface area contributed by atoms with Gasteiger partial charge < -0.3 is 4.74 Å². The Hall–Kier alpha value is -1.38. The third-order valence-electron chi connectivity index (χ3n) is 2.47. The topological polar surface area (TPSA) is 84.1 Å². The van der Waals surface area contributed by atoms with Crippen molar-refractivity contribution in [1.29, 1.82) is 0 Å². The average Bonchev–Trinajstić information content (AvgIpc) is 2.82. The standard InChI is InChI=1S/C11H12BrN3O3S/c1-18-8-2-4-9(5-3-8)19(16,17)14-7-11-10(12)6-13-15-11/h2-6,14H,7H2,1H3,(H,13,15). The van der Waals surface area contributed by atoms with Gasteiger partial charge in [0.05, 0.1) is 34.9 Å². The number of aromatic amines is 1. The van der Waals surface area contributed by atoms with E-state index in [0.717, 1.165) is 4.47 Å². The van der Waals surface area contributed by atoms with E-state index in [1.165, 1.54) is 19.2 Å². The fourth-order valence-corrected chi connectivity index (χ4v) is 2.75. The second-order valence-electron chi connectivity index (χ2n) is 3.70. The Morgan fingerprint density at radius 2 is 2.05 bits per heavy atom. The van der Waals surface area contributed by atoms with Crippen molar-refractivity contribution in [2.45, 2.75) is 11.4 Å². The predicted molar refractivity (Wildman–Crippen MR) is 73.3 cm³/mol. The quantitative estimate of drug-likeness (QED) is 0.862. The third-order valence-corrected chi connectivity index (χ3v) is 4.57. The molecule has 1 heterocycles. The number of nitrogens with zero attached hydrogens (tertiary/aromatic N) is 1. The van der Waals surface area contributed by atoms with E-state index in [0.29, 0.717) is 11.4 Å². The molecule has 2 aromatic rings. The van der Waals surface area contributed by atoms with Gasteiger partial charge in [-0.15, -0.1) is 0 Å². The monoisotopic (exact) mass is 345 g/mol. The Bertz CT molecular complexity index is 652. The van der Waals surface area contributed by atoms with E-state index in [1.54, 1.807) is 18.3 Å². The maximum atomic E-state index is 12.0. The van der Waals surface area contributed by atoms with Crippen LogP contribution in [0.4, 0.5) is 0 Å². The molecule has 2 N–H and O–H groups in total. The zero-order valence-electron chi connectivity index (χ0n) is 10.1. The number of ether oxygens (including phenoxy) is 1. The van der Waals surface area contributed by atoms with Crippen LogP contribution in [0.2, 0.25) is 0 Å². The first kappa shape index (κ1) is 14.0. The molecule has 0 radical (unpaired) electrons. The fourth-order valence-electron chi connectivity index (χ4n) is 1.43. The smallest absolute Gasteiger partial charge is 0.240 e. The Morgan fingerprint density at radius 1 is 1.37 bits per heavy atom. The summed E-state index contributed by atoms with van der Waals surface area (Å²) in [4.78, 5) is 0.184. The lowest BCUT2D eigenvalue weighted by Crippen LogP contribution is -2.23. The van der Waals surface area contributed by atoms with Crippen molar-refractivity contribution in [3.05, 3.63) is 40.6 Å². The predicted octanol–water partition coefficient (Wildman–Crippen LogP) is 1.66. The van der Waals surface area contributed by atoms with Gasteiger partial charge in [-0.25, -0.2) is 13.1 Å². The molecule has 0 atom stereocenters. The number of methoxy groups -OCH3 is 1. The van der Waals surface area contributed by atoms with Gasteiger partial charge in [0.15, 0.2) is 0 Å². The second kappa shape index (κ2) is 5.72. The van der Waals surface area contributed by atoms with Crippen LogP contribution < -0.4 is 9.46 Å². The van der Waals surface area contributed by atoms with Gasteiger partial charge in [0.1, 0.15) is 5.75 Å². The van der Waals surface area contributed by atoms with Gasteiger partial charge in [0, 0.05) is 0 Å². The van der Waals surface area contributed by atoms with Crippen LogP contribution in [0.15, 0.2) is 39.8 Å². The summed E-state index contributed by atoms with van der Waals surface area (Å²) in [6.07, 6.45) is 1.57. The van der Waals surface area contributed by atoms with E-state index < -0.39 is 10.0 Å². The first-order valence-electron chi connectivity index (χ1n) is 5.34. The van der Waals surface area contributed by atoms with Crippen LogP contribution >= 0.6 is 15.9 Å². The van der Waals surface area contributed by atoms with Crippen LogP contribution in [0.25, 0.3) is 0 Å². The molecule has 0 saturated carbocycles. The average molecular weight is 346 g/mol. The van der Waals surface area contributed by atoms with E-state index in [1.807, 2.05) is 0 Å². The molecule has 0 spiro atoms. The van der Waals surface area contributed by atoms with Crippen LogP contribution in [0.1, 0.15) is 5.69 Å². The number of rotatable bonds is 5. The van der Waals surface area contributed by atoms with Crippen LogP contribution in [-0.4, -0.2) is 25.7 Å². The molecule has 19 heavy (non-hydrogen) atoms. The number of halogens is 1. The normalized spacial score (nSPS) is 11.5. The summed E-state index contributed by atoms with van der Waals surface area (Å²) < 4.78 is 32.3. The van der Waals surface area contributed by atoms with Gasteiger partial charge in [0.25, 0.3) is 0 Å². The molecular weight excluding hydrogens is 334 g/mol. The van der Waals surface area contributed by atoms with Gasteiger partial charge in [0.2, 0.25) is 10.0 Å². The first-order chi connectivity index (χ1) is 9.03. The zero-order chi connectivity index (χ0) is 13.9. The minimum Gasteiger partial charge on any atom is -0.497 e. The summed E-state index contributed by atoms with van der Waals surface area (Å²) in [6.45, 7) is 0.134. The van der Waals surface area contributed by atoms with E-state index in [-0.39, 0.29) is 11.4 Å². The summed E-state index contributed by atoms with van der Waals surface area (Å²) in [5.41, 5.74) is 0.664. The number of hydrogen-bond acceptors (Lipinski definition) is 4. The molecule has 1 aromatic carbocycles. The third kappa shape index (κ3) is 3.34. The van der Waals surface area contributed by atoms with Gasteiger partial charge >= 0.3 is 0 Å². The number of benzene rings is 1. The molecule has 0 saturated heterocycles. The van der Waals surface area contributed by atoms with Crippen LogP contribution in [-0.2, 0) is 16.6 Å². The van der Waals surface area contributed by atoms with Crippen molar-refractivity contribution in [2.75, 3.05) is 7.11 Å². The Balaban J connectivity index is 2.11. The maximum Gasteiger partial charge on any atom is 0.240 e. The summed E-state index contributed by atoms with van der Waals surface area (Å²) in [7, 11) is -2.03. The van der Waals surface area contributed by atoms with Crippen molar-refractivity contribution < 1.29 is 13.2 Å². The van der Waals surface area contributed by atoms with Crippen LogP contribution in [0.5, 0.6) is 5.75 Å². The van der Waals surface area contributed by atoms with E-state index in [2.05, 4.69) is 30.8 Å². The number of sulfonamides is 1. The zero-order valence-corrected chi connectivity index (χ0v) is 12.5. The molecule has 0 unspecified atom stereocenters. The number of hydrogen-bond donors (Lipinski definition) is 2. The van der Waals surface area contributed by atoms with E-state index >= 15 is 0 Å². The van der Waals surface area contributed by atoms with Gasteiger partial charge in [-0.05, 0) is 40.2 Å². The molecule has 0 aliphatic carbocycles. The molecule has 0 fully saturated rings. The summed E-state index contributed by atoms with van der Waals surface area (Å²) in [5, 5.41) is 6.50. The SMILES string of the molecule is COc1ccc(S(=O)(=O)NCc2[nH]ncc2Br)cc1. The lowest BCUT2D eigenvalue weighted by molar-refractivity contribution is 0.414. The van der Waals surface area contributed by atoms with Crippen LogP contribution in [0, 0.1) is 0 Å². The Morgan fingerprint density at radius 3 is 2.58 bits per heavy atom. The second-order valence-corrected chi connectivity index (χ2v) is 6.32. The minimum atomic E-state index is -3.55. The summed E-state index contributed by atoms with van der Waals surface area (Å²) in [6, 6.07) is 6.17. The highest BCUT2D eigenvalue weighted by Gasteiger charge is 2.14. The molecule has 102 valence electrons. The highest BCUT2D eigenvalue weighted by Crippen LogP contribution is 2.17. The van der Waals surface area contributed by atoms with Gasteiger partial charge in [-0.2, -0.15) is 5.10 Å². The number of nitrogens with one attached hydrogen (secondary N) is 2. The lowest BCUT2D eigenvalue weighted by Gasteiger charge is -2.06. The molecule has 1 aromatic heterocycles. The van der Waals surface area contributed by atoms with Crippen molar-refractivity contribution in [3.8, 4) is 5.75 Å². The minimum absolute atomic E-state index is 0.134. The van der Waals surface area contributed by atoms with Crippen molar-refractivity contribution in [1.82, 2.24) is 14.9 Å². The molecule has 2 rings (SSSR count). The molecule has 8 heteroatoms. The molecular formula is C11H12BrN3O3S. The number of H-pyrrole nitrogens is 1. The fraction of sp³-hybridized carbons (Fsp3) is 0.182. The molecule has 0 aliphatic heterocycles. The molecule has 0 amide bonds. The number of aromatic nitrogens is 2. The Labute approximate surface area is 119 Å². The van der Waals surface area contributed by atoms with E-state index in [9.17, 15) is 8.42 Å². The van der Waals surface area contributed by atoms with Crippen molar-refractivity contribution in [3.63, 3.8) is 0 Å². The Kier molecular flexibility index (Phi) is 4.23. The van der Waals surface area contributed by atoms with E-state index in [4.69, 9.17) is 4.74 Å². The lowest BCUT2D eigenvalue weighted by atomic mass is 10.3. The highest BCUT2D eigenvalue weighted by molar-refractivity contribution is 9.10. The van der Waals surface area contributed by atoms with Gasteiger partial charge in [-0.3, -0.25) is 5.10 Å². The molecule has 0 aliphatic rings. The molecule has 0 bridgehead atoms. The van der Waals surface area contributed by atoms with Crippen LogP contribution in [0.3, 0.4) is 0 Å². The maximum absolute atomic E-state index is 12.0. The van der Waals surface area contributed by atoms with Crippen molar-refractivity contribution in [2.24, 2.45) is 0 Å². The summed E-state index contributed by atoms with van der Waals surface area (Å²) in [5.74, 6) is 0.607. The molecule has 6 nitrogen and oxygen atoms in total. The highest BCUT2D eigenvalue weighted by atomic mass is 79.9. The first-order valence-corrected chi connectivity index (χ1v) is 7.62. The van der Waals surface area contributed by atoms with Crippen molar-refractivity contribution >= 4 is 26.0 Å². The largest absolute Gasteiger partial charge is 0.497 e.